The van der Waals surface area contributed by atoms with Gasteiger partial charge in [0, 0.05) is 6.07 Å². The predicted molar refractivity (Wildman–Crippen MR) is 71.9 cm³/mol. The second-order valence-corrected chi connectivity index (χ2v) is 4.96. The number of benzene rings is 1. The number of hydrogen-bond donors (Lipinski definition) is 2. The second kappa shape index (κ2) is 5.72. The maximum Gasteiger partial charge on any atom is 0.298 e. The van der Waals surface area contributed by atoms with Gasteiger partial charge in [-0.15, -0.1) is 0 Å². The largest absolute Gasteiger partial charge is 0.316 e. The zero-order valence-corrected chi connectivity index (χ0v) is 11.4. The normalized spacial score (nSPS) is 21.3. The number of anilines is 1. The van der Waals surface area contributed by atoms with Gasteiger partial charge in [-0.3, -0.25) is 14.9 Å². The van der Waals surface area contributed by atoms with E-state index in [0.717, 1.165) is 6.42 Å². The molecule has 2 N–H and O–H groups in total. The maximum absolute atomic E-state index is 13.8. The maximum atomic E-state index is 13.8. The number of carbonyl (C=O) groups excluding carboxylic acids is 1. The van der Waals surface area contributed by atoms with Gasteiger partial charge in [0.15, 0.2) is 11.5 Å². The van der Waals surface area contributed by atoms with E-state index in [1.165, 1.54) is 0 Å². The average Bonchev–Trinajstić information content (AvgIpc) is 2.91. The van der Waals surface area contributed by atoms with E-state index in [-0.39, 0.29) is 0 Å². The molecule has 1 heterocycles. The van der Waals surface area contributed by atoms with Gasteiger partial charge in [-0.25, -0.2) is 8.78 Å². The van der Waals surface area contributed by atoms with Crippen molar-refractivity contribution in [2.75, 3.05) is 11.9 Å². The van der Waals surface area contributed by atoms with E-state index >= 15 is 0 Å². The fraction of sp³-hybridized carbons (Fsp3) is 0.462. The van der Waals surface area contributed by atoms with Crippen molar-refractivity contribution in [2.45, 2.75) is 31.7 Å². The predicted octanol–water partition coefficient (Wildman–Crippen LogP) is 2.34. The lowest BCUT2D eigenvalue weighted by molar-refractivity contribution is -0.384. The number of rotatable bonds is 4. The number of nitrogens with zero attached hydrogens (tertiary/aromatic N) is 1. The van der Waals surface area contributed by atoms with Crippen LogP contribution in [0, 0.1) is 21.7 Å². The highest BCUT2D eigenvalue weighted by Gasteiger charge is 2.40. The van der Waals surface area contributed by atoms with Crippen LogP contribution < -0.4 is 10.6 Å². The van der Waals surface area contributed by atoms with Gasteiger partial charge >= 0.3 is 0 Å². The first-order chi connectivity index (χ1) is 9.89. The van der Waals surface area contributed by atoms with E-state index in [9.17, 15) is 23.7 Å². The van der Waals surface area contributed by atoms with E-state index in [0.29, 0.717) is 31.5 Å². The summed E-state index contributed by atoms with van der Waals surface area (Å²) in [6.07, 6.45) is 1.82. The smallest absolute Gasteiger partial charge is 0.298 e. The van der Waals surface area contributed by atoms with Gasteiger partial charge in [0.05, 0.1) is 16.5 Å². The Labute approximate surface area is 119 Å². The monoisotopic (exact) mass is 299 g/mol. The third-order valence-corrected chi connectivity index (χ3v) is 3.75. The molecule has 1 aromatic carbocycles. The highest BCUT2D eigenvalue weighted by Crippen LogP contribution is 2.31. The SMILES string of the molecule is CCC1(C(=O)Nc2c(F)cc(F)cc2[N+](=O)[O-])CCCN1. The van der Waals surface area contributed by atoms with Crippen LogP contribution >= 0.6 is 0 Å². The second-order valence-electron chi connectivity index (χ2n) is 4.96. The highest BCUT2D eigenvalue weighted by molar-refractivity contribution is 6.00. The van der Waals surface area contributed by atoms with Crippen molar-refractivity contribution in [3.63, 3.8) is 0 Å². The molecule has 2 rings (SSSR count). The molecule has 1 aliphatic heterocycles. The van der Waals surface area contributed by atoms with E-state index in [2.05, 4.69) is 10.6 Å². The zero-order chi connectivity index (χ0) is 15.6. The van der Waals surface area contributed by atoms with E-state index < -0.39 is 39.4 Å². The Morgan fingerprint density at radius 2 is 2.24 bits per heavy atom. The highest BCUT2D eigenvalue weighted by atomic mass is 19.1. The summed E-state index contributed by atoms with van der Waals surface area (Å²) < 4.78 is 26.8. The summed E-state index contributed by atoms with van der Waals surface area (Å²) in [6.45, 7) is 2.45. The van der Waals surface area contributed by atoms with Crippen LogP contribution in [-0.2, 0) is 4.79 Å². The Morgan fingerprint density at radius 3 is 2.76 bits per heavy atom. The summed E-state index contributed by atoms with van der Waals surface area (Å²) >= 11 is 0. The minimum absolute atomic E-state index is 0.468. The summed E-state index contributed by atoms with van der Waals surface area (Å²) in [5, 5.41) is 16.2. The van der Waals surface area contributed by atoms with Crippen molar-refractivity contribution in [2.24, 2.45) is 0 Å². The van der Waals surface area contributed by atoms with Crippen molar-refractivity contribution in [3.8, 4) is 0 Å². The first kappa shape index (κ1) is 15.3. The molecule has 1 unspecified atom stereocenters. The molecular weight excluding hydrogens is 284 g/mol. The van der Waals surface area contributed by atoms with Crippen LogP contribution in [0.15, 0.2) is 12.1 Å². The summed E-state index contributed by atoms with van der Waals surface area (Å²) in [6, 6.07) is 1.09. The zero-order valence-electron chi connectivity index (χ0n) is 11.4. The van der Waals surface area contributed by atoms with Gasteiger partial charge in [0.2, 0.25) is 5.91 Å². The van der Waals surface area contributed by atoms with Crippen LogP contribution in [0.4, 0.5) is 20.2 Å². The molecule has 0 spiro atoms. The van der Waals surface area contributed by atoms with E-state index in [1.54, 1.807) is 6.92 Å². The quantitative estimate of drug-likeness (QED) is 0.660. The molecular formula is C13H15F2N3O3. The van der Waals surface area contributed by atoms with Gasteiger partial charge in [0.25, 0.3) is 5.69 Å². The molecule has 1 saturated heterocycles. The minimum Gasteiger partial charge on any atom is -0.316 e. The van der Waals surface area contributed by atoms with Crippen LogP contribution in [-0.4, -0.2) is 22.9 Å². The van der Waals surface area contributed by atoms with E-state index in [1.807, 2.05) is 0 Å². The summed E-state index contributed by atoms with van der Waals surface area (Å²) in [4.78, 5) is 22.3. The van der Waals surface area contributed by atoms with E-state index in [4.69, 9.17) is 0 Å². The minimum atomic E-state index is -1.17. The van der Waals surface area contributed by atoms with Crippen LogP contribution in [0.25, 0.3) is 0 Å². The van der Waals surface area contributed by atoms with Gasteiger partial charge in [0.1, 0.15) is 5.82 Å². The average molecular weight is 299 g/mol. The molecule has 0 aromatic heterocycles. The topological polar surface area (TPSA) is 84.3 Å². The van der Waals surface area contributed by atoms with Crippen LogP contribution in [0.1, 0.15) is 26.2 Å². The number of halogens is 2. The first-order valence-corrected chi connectivity index (χ1v) is 6.59. The van der Waals surface area contributed by atoms with Crippen molar-refractivity contribution in [1.82, 2.24) is 5.32 Å². The molecule has 0 saturated carbocycles. The Balaban J connectivity index is 2.35. The Hall–Kier alpha value is -2.09. The third kappa shape index (κ3) is 2.85. The number of nitro groups is 1. The fourth-order valence-electron chi connectivity index (χ4n) is 2.52. The van der Waals surface area contributed by atoms with Gasteiger partial charge in [-0.1, -0.05) is 6.92 Å². The molecule has 0 radical (unpaired) electrons. The van der Waals surface area contributed by atoms with Gasteiger partial charge in [-0.05, 0) is 25.8 Å². The molecule has 114 valence electrons. The van der Waals surface area contributed by atoms with Crippen molar-refractivity contribution in [1.29, 1.82) is 0 Å². The molecule has 1 atom stereocenters. The standard InChI is InChI=1S/C13H15F2N3O3/c1-2-13(4-3-5-16-13)12(19)17-11-9(15)6-8(14)7-10(11)18(20)21/h6-7,16H,2-5H2,1H3,(H,17,19). The number of nitrogens with one attached hydrogen (secondary N) is 2. The molecule has 8 heteroatoms. The van der Waals surface area contributed by atoms with Crippen molar-refractivity contribution < 1.29 is 18.5 Å². The molecule has 21 heavy (non-hydrogen) atoms. The molecule has 1 amide bonds. The summed E-state index contributed by atoms with van der Waals surface area (Å²) in [5.41, 5.74) is -2.27. The first-order valence-electron chi connectivity index (χ1n) is 6.59. The van der Waals surface area contributed by atoms with Crippen LogP contribution in [0.3, 0.4) is 0 Å². The molecule has 1 fully saturated rings. The Bertz CT molecular complexity index is 586. The van der Waals surface area contributed by atoms with Gasteiger partial charge < -0.3 is 10.6 Å². The Kier molecular flexibility index (Phi) is 4.17. The molecule has 0 bridgehead atoms. The molecule has 0 aliphatic carbocycles. The fourth-order valence-corrected chi connectivity index (χ4v) is 2.52. The lowest BCUT2D eigenvalue weighted by atomic mass is 9.93. The van der Waals surface area contributed by atoms with Crippen molar-refractivity contribution in [3.05, 3.63) is 33.9 Å². The number of carbonyl (C=O) groups is 1. The molecule has 1 aliphatic rings. The van der Waals surface area contributed by atoms with Crippen LogP contribution in [0.2, 0.25) is 0 Å². The number of nitro benzene ring substituents is 1. The number of hydrogen-bond acceptors (Lipinski definition) is 4. The summed E-state index contributed by atoms with van der Waals surface area (Å²) in [7, 11) is 0. The lowest BCUT2D eigenvalue weighted by Gasteiger charge is -2.26. The molecule has 6 nitrogen and oxygen atoms in total. The third-order valence-electron chi connectivity index (χ3n) is 3.75. The Morgan fingerprint density at radius 1 is 1.52 bits per heavy atom. The van der Waals surface area contributed by atoms with Gasteiger partial charge in [-0.2, -0.15) is 0 Å². The van der Waals surface area contributed by atoms with Crippen LogP contribution in [0.5, 0.6) is 0 Å². The number of amides is 1. The molecule has 1 aromatic rings. The lowest BCUT2D eigenvalue weighted by Crippen LogP contribution is -2.50. The van der Waals surface area contributed by atoms with Crippen molar-refractivity contribution >= 4 is 17.3 Å². The summed E-state index contributed by atoms with van der Waals surface area (Å²) in [5.74, 6) is -2.78.